The van der Waals surface area contributed by atoms with Crippen LogP contribution in [0.4, 0.5) is 0 Å². The minimum Gasteiger partial charge on any atom is -0.497 e. The first-order chi connectivity index (χ1) is 15.4. The van der Waals surface area contributed by atoms with Crippen LogP contribution in [0.25, 0.3) is 0 Å². The molecular formula is C26H36N2O3S. The van der Waals surface area contributed by atoms with E-state index in [9.17, 15) is 9.59 Å². The van der Waals surface area contributed by atoms with Crippen LogP contribution in [0.2, 0.25) is 0 Å². The molecule has 0 fully saturated rings. The van der Waals surface area contributed by atoms with Gasteiger partial charge in [-0.3, -0.25) is 9.59 Å². The minimum absolute atomic E-state index is 0.0174. The molecule has 0 spiro atoms. The molecule has 0 aliphatic carbocycles. The molecule has 6 heteroatoms. The Morgan fingerprint density at radius 1 is 1.06 bits per heavy atom. The van der Waals surface area contributed by atoms with Crippen LogP contribution in [0.5, 0.6) is 5.75 Å². The quantitative estimate of drug-likeness (QED) is 0.490. The second kappa shape index (κ2) is 13.2. The fraction of sp³-hybridized carbons (Fsp3) is 0.462. The first kappa shape index (κ1) is 25.8. The maximum atomic E-state index is 13.3. The summed E-state index contributed by atoms with van der Waals surface area (Å²) in [5.74, 6) is 1.77. The number of thioether (sulfide) groups is 1. The van der Waals surface area contributed by atoms with Gasteiger partial charge in [-0.05, 0) is 49.9 Å². The van der Waals surface area contributed by atoms with E-state index in [1.54, 1.807) is 23.8 Å². The van der Waals surface area contributed by atoms with Crippen molar-refractivity contribution in [2.24, 2.45) is 0 Å². The van der Waals surface area contributed by atoms with Crippen molar-refractivity contribution in [3.8, 4) is 5.75 Å². The Balaban J connectivity index is 2.11. The summed E-state index contributed by atoms with van der Waals surface area (Å²) in [6.45, 7) is 8.45. The number of hydrogen-bond donors (Lipinski definition) is 1. The Kier molecular flexibility index (Phi) is 10.6. The van der Waals surface area contributed by atoms with Crippen molar-refractivity contribution in [2.75, 3.05) is 12.9 Å². The zero-order chi connectivity index (χ0) is 23.5. The van der Waals surface area contributed by atoms with E-state index in [0.29, 0.717) is 18.7 Å². The van der Waals surface area contributed by atoms with Crippen molar-refractivity contribution in [2.45, 2.75) is 64.9 Å². The summed E-state index contributed by atoms with van der Waals surface area (Å²) in [5, 5.41) is 3.05. The Labute approximate surface area is 196 Å². The number of benzene rings is 2. The maximum absolute atomic E-state index is 13.3. The monoisotopic (exact) mass is 456 g/mol. The Morgan fingerprint density at radius 2 is 1.78 bits per heavy atom. The number of carbonyl (C=O) groups excluding carboxylic acids is 2. The van der Waals surface area contributed by atoms with Crippen LogP contribution in [0, 0.1) is 6.92 Å². The summed E-state index contributed by atoms with van der Waals surface area (Å²) in [4.78, 5) is 28.0. The minimum atomic E-state index is -0.487. The molecule has 0 heterocycles. The van der Waals surface area contributed by atoms with E-state index in [0.717, 1.165) is 34.6 Å². The lowest BCUT2D eigenvalue weighted by Gasteiger charge is -2.31. The van der Waals surface area contributed by atoms with E-state index in [4.69, 9.17) is 4.74 Å². The topological polar surface area (TPSA) is 58.6 Å². The number of carbonyl (C=O) groups is 2. The number of amides is 2. The van der Waals surface area contributed by atoms with Gasteiger partial charge in [0.2, 0.25) is 11.8 Å². The fourth-order valence-electron chi connectivity index (χ4n) is 3.43. The highest BCUT2D eigenvalue weighted by molar-refractivity contribution is 7.99. The van der Waals surface area contributed by atoms with Crippen LogP contribution >= 0.6 is 11.8 Å². The van der Waals surface area contributed by atoms with E-state index < -0.39 is 6.04 Å². The number of aryl methyl sites for hydroxylation is 1. The lowest BCUT2D eigenvalue weighted by atomic mass is 10.1. The highest BCUT2D eigenvalue weighted by Gasteiger charge is 2.29. The van der Waals surface area contributed by atoms with E-state index in [1.807, 2.05) is 70.2 Å². The molecule has 0 saturated carbocycles. The summed E-state index contributed by atoms with van der Waals surface area (Å²) in [5.41, 5.74) is 3.31. The molecule has 174 valence electrons. The summed E-state index contributed by atoms with van der Waals surface area (Å²) in [6, 6.07) is 15.6. The summed E-state index contributed by atoms with van der Waals surface area (Å²) in [6.07, 6.45) is 1.43. The number of nitrogens with zero attached hydrogens (tertiary/aromatic N) is 1. The predicted octanol–water partition coefficient (Wildman–Crippen LogP) is 4.96. The van der Waals surface area contributed by atoms with Crippen molar-refractivity contribution in [1.82, 2.24) is 10.2 Å². The molecule has 1 N–H and O–H groups in total. The fourth-order valence-corrected chi connectivity index (χ4v) is 4.30. The van der Waals surface area contributed by atoms with Gasteiger partial charge < -0.3 is 15.0 Å². The third-order valence-corrected chi connectivity index (χ3v) is 6.46. The molecule has 0 unspecified atom stereocenters. The molecule has 2 aromatic rings. The van der Waals surface area contributed by atoms with Gasteiger partial charge in [0.15, 0.2) is 0 Å². The van der Waals surface area contributed by atoms with Crippen LogP contribution in [0.3, 0.4) is 0 Å². The third kappa shape index (κ3) is 7.90. The highest BCUT2D eigenvalue weighted by atomic mass is 32.2. The molecule has 0 radical (unpaired) electrons. The zero-order valence-electron chi connectivity index (χ0n) is 19.9. The molecule has 2 rings (SSSR count). The van der Waals surface area contributed by atoms with E-state index in [1.165, 1.54) is 0 Å². The van der Waals surface area contributed by atoms with Gasteiger partial charge in [-0.15, -0.1) is 11.8 Å². The maximum Gasteiger partial charge on any atom is 0.243 e. The van der Waals surface area contributed by atoms with Gasteiger partial charge in [0, 0.05) is 18.3 Å². The smallest absolute Gasteiger partial charge is 0.243 e. The average molecular weight is 457 g/mol. The van der Waals surface area contributed by atoms with Crippen LogP contribution in [0.15, 0.2) is 48.5 Å². The molecule has 0 bridgehead atoms. The van der Waals surface area contributed by atoms with Crippen LogP contribution in [-0.2, 0) is 21.9 Å². The van der Waals surface area contributed by atoms with Gasteiger partial charge >= 0.3 is 0 Å². The standard InChI is InChI=1S/C26H36N2O3S/c1-6-20(4)27-26(30)24(7-2)28(16-22-10-8-9-19(3)15-22)25(29)18-32-17-21-11-13-23(31-5)14-12-21/h8-15,20,24H,6-7,16-18H2,1-5H3,(H,27,30)/t20-,24-/m1/s1. The Hall–Kier alpha value is -2.47. The second-order valence-electron chi connectivity index (χ2n) is 8.09. The van der Waals surface area contributed by atoms with Crippen molar-refractivity contribution in [1.29, 1.82) is 0 Å². The summed E-state index contributed by atoms with van der Waals surface area (Å²) < 4.78 is 5.20. The highest BCUT2D eigenvalue weighted by Crippen LogP contribution is 2.19. The first-order valence-electron chi connectivity index (χ1n) is 11.2. The van der Waals surface area contributed by atoms with Crippen LogP contribution in [0.1, 0.15) is 50.3 Å². The van der Waals surface area contributed by atoms with E-state index in [2.05, 4.69) is 11.4 Å². The number of rotatable bonds is 12. The van der Waals surface area contributed by atoms with Gasteiger partial charge in [0.25, 0.3) is 0 Å². The number of methoxy groups -OCH3 is 1. The Morgan fingerprint density at radius 3 is 2.38 bits per heavy atom. The Bertz CT molecular complexity index is 870. The summed E-state index contributed by atoms with van der Waals surface area (Å²) in [7, 11) is 1.65. The zero-order valence-corrected chi connectivity index (χ0v) is 20.7. The van der Waals surface area contributed by atoms with Crippen LogP contribution in [-0.4, -0.2) is 41.7 Å². The van der Waals surface area contributed by atoms with E-state index >= 15 is 0 Å². The predicted molar refractivity (Wildman–Crippen MR) is 133 cm³/mol. The number of hydrogen-bond acceptors (Lipinski definition) is 4. The SMILES string of the molecule is CC[C@@H](C)NC(=O)[C@@H](CC)N(Cc1cccc(C)c1)C(=O)CSCc1ccc(OC)cc1. The normalized spacial score (nSPS) is 12.7. The van der Waals surface area contributed by atoms with Gasteiger partial charge in [0.05, 0.1) is 12.9 Å². The lowest BCUT2D eigenvalue weighted by Crippen LogP contribution is -2.51. The van der Waals surface area contributed by atoms with Crippen LogP contribution < -0.4 is 10.1 Å². The van der Waals surface area contributed by atoms with Gasteiger partial charge in [0.1, 0.15) is 11.8 Å². The van der Waals surface area contributed by atoms with Gasteiger partial charge in [-0.1, -0.05) is 55.8 Å². The number of ether oxygens (including phenoxy) is 1. The molecule has 2 amide bonds. The largest absolute Gasteiger partial charge is 0.497 e. The average Bonchev–Trinajstić information content (AvgIpc) is 2.79. The molecule has 0 aliphatic heterocycles. The van der Waals surface area contributed by atoms with Crippen molar-refractivity contribution >= 4 is 23.6 Å². The summed E-state index contributed by atoms with van der Waals surface area (Å²) >= 11 is 1.56. The van der Waals surface area contributed by atoms with Crippen molar-refractivity contribution < 1.29 is 14.3 Å². The molecule has 32 heavy (non-hydrogen) atoms. The molecule has 2 atom stereocenters. The molecule has 0 saturated heterocycles. The number of nitrogens with one attached hydrogen (secondary N) is 1. The van der Waals surface area contributed by atoms with Crippen molar-refractivity contribution in [3.63, 3.8) is 0 Å². The molecule has 0 aromatic heterocycles. The van der Waals surface area contributed by atoms with E-state index in [-0.39, 0.29) is 17.9 Å². The molecular weight excluding hydrogens is 420 g/mol. The van der Waals surface area contributed by atoms with Crippen molar-refractivity contribution in [3.05, 3.63) is 65.2 Å². The third-order valence-electron chi connectivity index (χ3n) is 5.48. The lowest BCUT2D eigenvalue weighted by molar-refractivity contribution is -0.139. The molecule has 0 aliphatic rings. The molecule has 5 nitrogen and oxygen atoms in total. The second-order valence-corrected chi connectivity index (χ2v) is 9.08. The first-order valence-corrected chi connectivity index (χ1v) is 12.4. The van der Waals surface area contributed by atoms with Gasteiger partial charge in [-0.2, -0.15) is 0 Å². The molecule has 2 aromatic carbocycles. The van der Waals surface area contributed by atoms with Gasteiger partial charge in [-0.25, -0.2) is 0 Å².